The normalized spacial score (nSPS) is 11.0. The lowest BCUT2D eigenvalue weighted by Gasteiger charge is -2.06. The van der Waals surface area contributed by atoms with E-state index in [0.29, 0.717) is 45.8 Å². The summed E-state index contributed by atoms with van der Waals surface area (Å²) in [6.07, 6.45) is 0.521. The van der Waals surface area contributed by atoms with Crippen molar-refractivity contribution in [2.45, 2.75) is 17.2 Å². The van der Waals surface area contributed by atoms with Gasteiger partial charge in [-0.15, -0.1) is 10.2 Å². The van der Waals surface area contributed by atoms with Crippen LogP contribution in [-0.4, -0.2) is 32.3 Å². The van der Waals surface area contributed by atoms with Gasteiger partial charge in [-0.3, -0.25) is 4.79 Å². The summed E-state index contributed by atoms with van der Waals surface area (Å²) in [4.78, 5) is 12.2. The van der Waals surface area contributed by atoms with Crippen LogP contribution in [0.25, 0.3) is 5.65 Å². The van der Waals surface area contributed by atoms with Crippen molar-refractivity contribution in [3.05, 3.63) is 87.7 Å². The van der Waals surface area contributed by atoms with Gasteiger partial charge in [0.15, 0.2) is 11.5 Å². The summed E-state index contributed by atoms with van der Waals surface area (Å²) in [6.45, 7) is 0.441. The summed E-state index contributed by atoms with van der Waals surface area (Å²) in [5.74, 6) is 1.28. The summed E-state index contributed by atoms with van der Waals surface area (Å²) in [5.41, 5.74) is 2.35. The molecule has 0 unspecified atom stereocenters. The summed E-state index contributed by atoms with van der Waals surface area (Å²) < 4.78 is 1.71. The summed E-state index contributed by atoms with van der Waals surface area (Å²) in [6, 6.07) is 18.5. The molecule has 2 heterocycles. The molecule has 1 amide bonds. The first-order valence-electron chi connectivity index (χ1n) is 9.21. The Morgan fingerprint density at radius 3 is 2.63 bits per heavy atom. The number of amides is 1. The molecule has 0 radical (unpaired) electrons. The number of carbonyl (C=O) groups excluding carboxylic acids is 1. The predicted molar refractivity (Wildman–Crippen MR) is 119 cm³/mol. The smallest absolute Gasteiger partial charge is 0.251 e. The van der Waals surface area contributed by atoms with Crippen molar-refractivity contribution >= 4 is 46.5 Å². The zero-order valence-electron chi connectivity index (χ0n) is 15.8. The Morgan fingerprint density at radius 1 is 1.00 bits per heavy atom. The highest BCUT2D eigenvalue weighted by Gasteiger charge is 2.10. The SMILES string of the molecule is O=C(NCCc1nnc2ccc(SCc3ccc(Cl)c(Cl)c3)nn12)c1ccccc1. The number of hydrogen-bond acceptors (Lipinski definition) is 5. The van der Waals surface area contributed by atoms with E-state index in [1.54, 1.807) is 34.5 Å². The van der Waals surface area contributed by atoms with Gasteiger partial charge in [0.1, 0.15) is 5.03 Å². The first kappa shape index (κ1) is 20.7. The van der Waals surface area contributed by atoms with Crippen LogP contribution in [0, 0.1) is 0 Å². The molecule has 0 saturated heterocycles. The van der Waals surface area contributed by atoms with Gasteiger partial charge in [-0.1, -0.05) is 59.2 Å². The van der Waals surface area contributed by atoms with E-state index in [4.69, 9.17) is 23.2 Å². The van der Waals surface area contributed by atoms with Gasteiger partial charge in [0.2, 0.25) is 0 Å². The maximum Gasteiger partial charge on any atom is 0.251 e. The van der Waals surface area contributed by atoms with Gasteiger partial charge < -0.3 is 5.32 Å². The Kier molecular flexibility index (Phi) is 6.52. The van der Waals surface area contributed by atoms with Gasteiger partial charge in [0.05, 0.1) is 10.0 Å². The minimum atomic E-state index is -0.116. The highest BCUT2D eigenvalue weighted by molar-refractivity contribution is 7.98. The molecule has 4 rings (SSSR count). The summed E-state index contributed by atoms with van der Waals surface area (Å²) in [7, 11) is 0. The van der Waals surface area contributed by atoms with Gasteiger partial charge in [0, 0.05) is 24.3 Å². The molecule has 0 atom stereocenters. The van der Waals surface area contributed by atoms with Crippen LogP contribution in [0.5, 0.6) is 0 Å². The number of aromatic nitrogens is 4. The molecule has 0 saturated carbocycles. The van der Waals surface area contributed by atoms with Crippen LogP contribution >= 0.6 is 35.0 Å². The van der Waals surface area contributed by atoms with Crippen molar-refractivity contribution < 1.29 is 4.79 Å². The number of benzene rings is 2. The third-order valence-electron chi connectivity index (χ3n) is 4.34. The highest BCUT2D eigenvalue weighted by atomic mass is 35.5. The van der Waals surface area contributed by atoms with E-state index in [0.717, 1.165) is 10.6 Å². The number of hydrogen-bond donors (Lipinski definition) is 1. The molecule has 2 aromatic heterocycles. The van der Waals surface area contributed by atoms with E-state index in [2.05, 4.69) is 20.6 Å². The number of nitrogens with one attached hydrogen (secondary N) is 1. The van der Waals surface area contributed by atoms with E-state index in [-0.39, 0.29) is 5.91 Å². The van der Waals surface area contributed by atoms with Crippen LogP contribution in [0.4, 0.5) is 0 Å². The number of halogens is 2. The number of fused-ring (bicyclic) bond motifs is 1. The molecule has 4 aromatic rings. The summed E-state index contributed by atoms with van der Waals surface area (Å²) in [5, 5.41) is 17.8. The predicted octanol–water partition coefficient (Wildman–Crippen LogP) is 4.70. The molecule has 2 aromatic carbocycles. The molecule has 0 aliphatic rings. The molecule has 0 aliphatic heterocycles. The van der Waals surface area contributed by atoms with Crippen LogP contribution in [0.1, 0.15) is 21.7 Å². The topological polar surface area (TPSA) is 72.2 Å². The highest BCUT2D eigenvalue weighted by Crippen LogP contribution is 2.27. The zero-order valence-corrected chi connectivity index (χ0v) is 18.1. The molecular weight excluding hydrogens is 441 g/mol. The first-order chi connectivity index (χ1) is 14.6. The lowest BCUT2D eigenvalue weighted by Crippen LogP contribution is -2.26. The average Bonchev–Trinajstić information content (AvgIpc) is 3.17. The maximum absolute atomic E-state index is 12.2. The second kappa shape index (κ2) is 9.47. The third-order valence-corrected chi connectivity index (χ3v) is 6.07. The lowest BCUT2D eigenvalue weighted by atomic mass is 10.2. The van der Waals surface area contributed by atoms with E-state index >= 15 is 0 Å². The summed E-state index contributed by atoms with van der Waals surface area (Å²) >= 11 is 13.6. The number of nitrogens with zero attached hydrogens (tertiary/aromatic N) is 4. The Morgan fingerprint density at radius 2 is 1.83 bits per heavy atom. The minimum Gasteiger partial charge on any atom is -0.352 e. The van der Waals surface area contributed by atoms with Crippen molar-refractivity contribution in [2.24, 2.45) is 0 Å². The maximum atomic E-state index is 12.2. The Bertz CT molecular complexity index is 1180. The molecular formula is C21H17Cl2N5OS. The lowest BCUT2D eigenvalue weighted by molar-refractivity contribution is 0.0954. The first-order valence-corrected chi connectivity index (χ1v) is 11.0. The van der Waals surface area contributed by atoms with Gasteiger partial charge >= 0.3 is 0 Å². The average molecular weight is 458 g/mol. The molecule has 152 valence electrons. The van der Waals surface area contributed by atoms with Crippen LogP contribution in [0.15, 0.2) is 65.7 Å². The Labute approximate surface area is 187 Å². The van der Waals surface area contributed by atoms with Crippen molar-refractivity contribution in [2.75, 3.05) is 6.54 Å². The molecule has 0 aliphatic carbocycles. The van der Waals surface area contributed by atoms with E-state index in [1.807, 2.05) is 42.5 Å². The molecule has 9 heteroatoms. The fourth-order valence-corrected chi connectivity index (χ4v) is 3.93. The van der Waals surface area contributed by atoms with Gasteiger partial charge in [-0.05, 0) is 42.0 Å². The number of thioether (sulfide) groups is 1. The molecule has 0 spiro atoms. The quantitative estimate of drug-likeness (QED) is 0.407. The standard InChI is InChI=1S/C21H17Cl2N5OS/c22-16-7-6-14(12-17(16)23)13-30-20-9-8-18-25-26-19(28(18)27-20)10-11-24-21(29)15-4-2-1-3-5-15/h1-9,12H,10-11,13H2,(H,24,29). The Balaban J connectivity index is 1.39. The minimum absolute atomic E-state index is 0.116. The van der Waals surface area contributed by atoms with Crippen molar-refractivity contribution in [3.63, 3.8) is 0 Å². The molecule has 30 heavy (non-hydrogen) atoms. The fourth-order valence-electron chi connectivity index (χ4n) is 2.82. The van der Waals surface area contributed by atoms with E-state index < -0.39 is 0 Å². The van der Waals surface area contributed by atoms with E-state index in [1.165, 1.54) is 0 Å². The van der Waals surface area contributed by atoms with Crippen LogP contribution in [-0.2, 0) is 12.2 Å². The Hall–Kier alpha value is -2.61. The fraction of sp³-hybridized carbons (Fsp3) is 0.143. The second-order valence-electron chi connectivity index (χ2n) is 6.47. The van der Waals surface area contributed by atoms with Crippen molar-refractivity contribution in [1.82, 2.24) is 25.1 Å². The van der Waals surface area contributed by atoms with Gasteiger partial charge in [-0.25, -0.2) is 0 Å². The van der Waals surface area contributed by atoms with E-state index in [9.17, 15) is 4.79 Å². The van der Waals surface area contributed by atoms with Gasteiger partial charge in [0.25, 0.3) is 5.91 Å². The van der Waals surface area contributed by atoms with Crippen LogP contribution in [0.2, 0.25) is 10.0 Å². The molecule has 0 fully saturated rings. The van der Waals surface area contributed by atoms with Gasteiger partial charge in [-0.2, -0.15) is 9.61 Å². The largest absolute Gasteiger partial charge is 0.352 e. The molecule has 1 N–H and O–H groups in total. The van der Waals surface area contributed by atoms with Crippen molar-refractivity contribution in [1.29, 1.82) is 0 Å². The zero-order chi connectivity index (χ0) is 20.9. The van der Waals surface area contributed by atoms with Crippen LogP contribution < -0.4 is 5.32 Å². The monoisotopic (exact) mass is 457 g/mol. The van der Waals surface area contributed by atoms with Crippen LogP contribution in [0.3, 0.4) is 0 Å². The number of carbonyl (C=O) groups is 1. The molecule has 6 nitrogen and oxygen atoms in total. The third kappa shape index (κ3) is 4.92. The van der Waals surface area contributed by atoms with Crippen molar-refractivity contribution in [3.8, 4) is 0 Å². The second-order valence-corrected chi connectivity index (χ2v) is 8.28. The number of rotatable bonds is 7. The molecule has 0 bridgehead atoms.